The van der Waals surface area contributed by atoms with Crippen molar-refractivity contribution in [2.75, 3.05) is 13.1 Å². The van der Waals surface area contributed by atoms with Crippen LogP contribution >= 0.6 is 27.3 Å². The minimum absolute atomic E-state index is 0.493. The van der Waals surface area contributed by atoms with Gasteiger partial charge in [0.15, 0.2) is 0 Å². The van der Waals surface area contributed by atoms with E-state index in [1.807, 2.05) is 11.3 Å². The second kappa shape index (κ2) is 5.83. The number of hydrogen-bond acceptors (Lipinski definition) is 3. The molecular formula is C13H21BrN2S. The number of likely N-dealkylation sites (tertiary alicyclic amines) is 1. The van der Waals surface area contributed by atoms with Gasteiger partial charge in [0.2, 0.25) is 0 Å². The van der Waals surface area contributed by atoms with Crippen molar-refractivity contribution < 1.29 is 0 Å². The molecule has 0 radical (unpaired) electrons. The monoisotopic (exact) mass is 316 g/mol. The molecule has 3 unspecified atom stereocenters. The van der Waals surface area contributed by atoms with Crippen molar-refractivity contribution in [2.45, 2.75) is 38.8 Å². The molecule has 0 spiro atoms. The van der Waals surface area contributed by atoms with Gasteiger partial charge in [-0.25, -0.2) is 0 Å². The van der Waals surface area contributed by atoms with Crippen LogP contribution in [0.15, 0.2) is 15.9 Å². The van der Waals surface area contributed by atoms with Crippen LogP contribution in [0.25, 0.3) is 0 Å². The molecule has 0 bridgehead atoms. The molecular weight excluding hydrogens is 296 g/mol. The van der Waals surface area contributed by atoms with Gasteiger partial charge in [0, 0.05) is 33.4 Å². The van der Waals surface area contributed by atoms with E-state index in [-0.39, 0.29) is 0 Å². The normalized spacial score (nSPS) is 28.2. The molecule has 2 nitrogen and oxygen atoms in total. The highest BCUT2D eigenvalue weighted by molar-refractivity contribution is 9.10. The van der Waals surface area contributed by atoms with Gasteiger partial charge in [-0.1, -0.05) is 6.92 Å². The second-order valence-corrected chi connectivity index (χ2v) is 6.96. The van der Waals surface area contributed by atoms with Gasteiger partial charge in [-0.3, -0.25) is 4.90 Å². The Morgan fingerprint density at radius 2 is 2.41 bits per heavy atom. The van der Waals surface area contributed by atoms with Crippen LogP contribution in [0, 0.1) is 5.92 Å². The highest BCUT2D eigenvalue weighted by atomic mass is 79.9. The smallest absolute Gasteiger partial charge is 0.0417 e. The maximum atomic E-state index is 5.93. The van der Waals surface area contributed by atoms with E-state index in [1.165, 1.54) is 28.7 Å². The van der Waals surface area contributed by atoms with Gasteiger partial charge in [-0.15, -0.1) is 11.3 Å². The standard InChI is InChI=1S/C13H21BrN2S/c1-9-3-4-16(12(5-9)7-15)10(2)13-6-11(14)8-17-13/h6,8-10,12H,3-5,7,15H2,1-2H3. The van der Waals surface area contributed by atoms with Gasteiger partial charge in [0.1, 0.15) is 0 Å². The minimum atomic E-state index is 0.493. The Hall–Kier alpha value is 0.1000. The molecule has 1 aliphatic rings. The fourth-order valence-corrected chi connectivity index (χ4v) is 4.24. The summed E-state index contributed by atoms with van der Waals surface area (Å²) in [6.07, 6.45) is 2.54. The lowest BCUT2D eigenvalue weighted by atomic mass is 9.91. The van der Waals surface area contributed by atoms with Gasteiger partial charge in [0.25, 0.3) is 0 Å². The quantitative estimate of drug-likeness (QED) is 0.922. The van der Waals surface area contributed by atoms with Crippen molar-refractivity contribution >= 4 is 27.3 Å². The highest BCUT2D eigenvalue weighted by Gasteiger charge is 2.29. The second-order valence-electron chi connectivity index (χ2n) is 5.10. The topological polar surface area (TPSA) is 29.3 Å². The van der Waals surface area contributed by atoms with Crippen molar-refractivity contribution in [3.05, 3.63) is 20.8 Å². The molecule has 96 valence electrons. The lowest BCUT2D eigenvalue weighted by Crippen LogP contribution is -2.47. The first-order chi connectivity index (χ1) is 8.11. The van der Waals surface area contributed by atoms with E-state index in [2.05, 4.69) is 46.1 Å². The van der Waals surface area contributed by atoms with Crippen LogP contribution in [0.2, 0.25) is 0 Å². The Morgan fingerprint density at radius 1 is 1.65 bits per heavy atom. The summed E-state index contributed by atoms with van der Waals surface area (Å²) in [7, 11) is 0. The first-order valence-corrected chi connectivity index (χ1v) is 7.98. The Bertz CT molecular complexity index is 366. The third kappa shape index (κ3) is 3.11. The van der Waals surface area contributed by atoms with Crippen LogP contribution < -0.4 is 5.73 Å². The van der Waals surface area contributed by atoms with Crippen molar-refractivity contribution in [3.8, 4) is 0 Å². The van der Waals surface area contributed by atoms with E-state index in [9.17, 15) is 0 Å². The lowest BCUT2D eigenvalue weighted by Gasteiger charge is -2.41. The third-order valence-electron chi connectivity index (χ3n) is 3.79. The molecule has 3 atom stereocenters. The Labute approximate surface area is 116 Å². The Morgan fingerprint density at radius 3 is 3.00 bits per heavy atom. The molecule has 1 saturated heterocycles. The fourth-order valence-electron chi connectivity index (χ4n) is 2.72. The average Bonchev–Trinajstić information content (AvgIpc) is 2.75. The summed E-state index contributed by atoms with van der Waals surface area (Å²) in [5.74, 6) is 0.821. The van der Waals surface area contributed by atoms with E-state index >= 15 is 0 Å². The molecule has 4 heteroatoms. The zero-order valence-electron chi connectivity index (χ0n) is 10.5. The molecule has 1 aromatic rings. The fraction of sp³-hybridized carbons (Fsp3) is 0.692. The van der Waals surface area contributed by atoms with Crippen LogP contribution in [0.1, 0.15) is 37.6 Å². The van der Waals surface area contributed by atoms with Gasteiger partial charge < -0.3 is 5.73 Å². The molecule has 2 heterocycles. The highest BCUT2D eigenvalue weighted by Crippen LogP contribution is 2.34. The van der Waals surface area contributed by atoms with Gasteiger partial charge in [-0.05, 0) is 54.2 Å². The van der Waals surface area contributed by atoms with Crippen LogP contribution in [-0.2, 0) is 0 Å². The van der Waals surface area contributed by atoms with Gasteiger partial charge in [0.05, 0.1) is 0 Å². The van der Waals surface area contributed by atoms with E-state index < -0.39 is 0 Å². The molecule has 2 N–H and O–H groups in total. The first kappa shape index (κ1) is 13.5. The number of nitrogens with two attached hydrogens (primary N) is 1. The van der Waals surface area contributed by atoms with Crippen molar-refractivity contribution in [1.29, 1.82) is 0 Å². The van der Waals surface area contributed by atoms with Crippen molar-refractivity contribution in [2.24, 2.45) is 11.7 Å². The molecule has 1 aromatic heterocycles. The SMILES string of the molecule is CC1CCN(C(C)c2cc(Br)cs2)C(CN)C1. The van der Waals surface area contributed by atoms with Gasteiger partial charge >= 0.3 is 0 Å². The molecule has 0 saturated carbocycles. The molecule has 0 amide bonds. The number of nitrogens with zero attached hydrogens (tertiary/aromatic N) is 1. The predicted molar refractivity (Wildman–Crippen MR) is 78.4 cm³/mol. The summed E-state index contributed by atoms with van der Waals surface area (Å²) in [4.78, 5) is 4.02. The Balaban J connectivity index is 2.09. The Kier molecular flexibility index (Phi) is 4.64. The van der Waals surface area contributed by atoms with E-state index in [1.54, 1.807) is 0 Å². The number of thiophene rings is 1. The summed E-state index contributed by atoms with van der Waals surface area (Å²) in [6, 6.07) is 3.28. The number of hydrogen-bond donors (Lipinski definition) is 1. The van der Waals surface area contributed by atoms with Crippen LogP contribution in [0.5, 0.6) is 0 Å². The van der Waals surface area contributed by atoms with Crippen LogP contribution in [0.4, 0.5) is 0 Å². The zero-order chi connectivity index (χ0) is 12.4. The molecule has 1 aliphatic heterocycles. The maximum absolute atomic E-state index is 5.93. The first-order valence-electron chi connectivity index (χ1n) is 6.31. The minimum Gasteiger partial charge on any atom is -0.329 e. The molecule has 1 fully saturated rings. The molecule has 0 aliphatic carbocycles. The van der Waals surface area contributed by atoms with Crippen molar-refractivity contribution in [3.63, 3.8) is 0 Å². The summed E-state index contributed by atoms with van der Waals surface area (Å²) < 4.78 is 1.19. The largest absolute Gasteiger partial charge is 0.329 e. The summed E-state index contributed by atoms with van der Waals surface area (Å²) in [5.41, 5.74) is 5.93. The van der Waals surface area contributed by atoms with Crippen LogP contribution in [0.3, 0.4) is 0 Å². The number of rotatable bonds is 3. The maximum Gasteiger partial charge on any atom is 0.0417 e. The van der Waals surface area contributed by atoms with E-state index in [0.717, 1.165) is 12.5 Å². The summed E-state index contributed by atoms with van der Waals surface area (Å²) in [5, 5.41) is 2.16. The molecule has 2 rings (SSSR count). The average molecular weight is 317 g/mol. The predicted octanol–water partition coefficient (Wildman–Crippen LogP) is 3.63. The molecule has 0 aromatic carbocycles. The zero-order valence-corrected chi connectivity index (χ0v) is 12.9. The molecule has 17 heavy (non-hydrogen) atoms. The number of piperidine rings is 1. The van der Waals surface area contributed by atoms with Crippen LogP contribution in [-0.4, -0.2) is 24.0 Å². The summed E-state index contributed by atoms with van der Waals surface area (Å²) in [6.45, 7) is 6.60. The third-order valence-corrected chi connectivity index (χ3v) is 5.66. The van der Waals surface area contributed by atoms with Gasteiger partial charge in [-0.2, -0.15) is 0 Å². The van der Waals surface area contributed by atoms with E-state index in [4.69, 9.17) is 5.73 Å². The lowest BCUT2D eigenvalue weighted by molar-refractivity contribution is 0.0849. The van der Waals surface area contributed by atoms with E-state index in [0.29, 0.717) is 12.1 Å². The van der Waals surface area contributed by atoms with Crippen molar-refractivity contribution in [1.82, 2.24) is 4.90 Å². The number of halogens is 1. The summed E-state index contributed by atoms with van der Waals surface area (Å²) >= 11 is 5.37.